The van der Waals surface area contributed by atoms with Crippen molar-refractivity contribution in [1.82, 2.24) is 5.32 Å². The Morgan fingerprint density at radius 2 is 1.87 bits per heavy atom. The van der Waals surface area contributed by atoms with Crippen molar-refractivity contribution in [3.05, 3.63) is 0 Å². The van der Waals surface area contributed by atoms with Crippen LogP contribution in [-0.4, -0.2) is 38.3 Å². The zero-order chi connectivity index (χ0) is 11.9. The lowest BCUT2D eigenvalue weighted by atomic mass is 10.0. The smallest absolute Gasteiger partial charge is 0.210 e. The van der Waals surface area contributed by atoms with Gasteiger partial charge in [0, 0.05) is 17.8 Å². The van der Waals surface area contributed by atoms with Crippen LogP contribution in [0, 0.1) is 0 Å². The summed E-state index contributed by atoms with van der Waals surface area (Å²) in [4.78, 5) is 0. The highest BCUT2D eigenvalue weighted by atomic mass is 32.2. The number of primary sulfonamides is 1. The molecule has 0 heterocycles. The fourth-order valence-electron chi connectivity index (χ4n) is 1.39. The minimum atomic E-state index is -3.33. The molecule has 0 aliphatic heterocycles. The molecule has 0 spiro atoms. The van der Waals surface area contributed by atoms with E-state index in [0.29, 0.717) is 6.54 Å². The Balaban J connectivity index is 3.92. The molecule has 0 radical (unpaired) electrons. The zero-order valence-corrected chi connectivity index (χ0v) is 11.4. The highest BCUT2D eigenvalue weighted by Crippen LogP contribution is 2.29. The van der Waals surface area contributed by atoms with Crippen molar-refractivity contribution in [3.8, 4) is 0 Å². The first-order valence-corrected chi connectivity index (χ1v) is 8.09. The van der Waals surface area contributed by atoms with E-state index in [1.165, 1.54) is 0 Å². The van der Waals surface area contributed by atoms with E-state index in [1.54, 1.807) is 0 Å². The molecular formula is C9H22N2O2S2. The Morgan fingerprint density at radius 1 is 1.33 bits per heavy atom. The third kappa shape index (κ3) is 6.40. The summed E-state index contributed by atoms with van der Waals surface area (Å²) in [7, 11) is -3.33. The van der Waals surface area contributed by atoms with Crippen LogP contribution in [0.1, 0.15) is 26.7 Å². The monoisotopic (exact) mass is 254 g/mol. The first-order chi connectivity index (χ1) is 6.89. The van der Waals surface area contributed by atoms with Gasteiger partial charge in [0.05, 0.1) is 5.75 Å². The van der Waals surface area contributed by atoms with Gasteiger partial charge in [0.25, 0.3) is 0 Å². The Morgan fingerprint density at radius 3 is 2.20 bits per heavy atom. The summed E-state index contributed by atoms with van der Waals surface area (Å²) >= 11 is 1.83. The van der Waals surface area contributed by atoms with E-state index in [4.69, 9.17) is 5.14 Å². The molecule has 15 heavy (non-hydrogen) atoms. The lowest BCUT2D eigenvalue weighted by Gasteiger charge is -2.29. The van der Waals surface area contributed by atoms with E-state index in [1.807, 2.05) is 11.8 Å². The molecule has 0 fully saturated rings. The summed E-state index contributed by atoms with van der Waals surface area (Å²) < 4.78 is 21.6. The van der Waals surface area contributed by atoms with Gasteiger partial charge in [-0.05, 0) is 19.1 Å². The molecule has 0 unspecified atom stereocenters. The average molecular weight is 254 g/mol. The molecule has 0 saturated carbocycles. The van der Waals surface area contributed by atoms with Crippen molar-refractivity contribution in [2.45, 2.75) is 31.4 Å². The molecule has 0 bridgehead atoms. The predicted octanol–water partition coefficient (Wildman–Crippen LogP) is 0.786. The van der Waals surface area contributed by atoms with Crippen LogP contribution in [0.4, 0.5) is 0 Å². The predicted molar refractivity (Wildman–Crippen MR) is 67.7 cm³/mol. The van der Waals surface area contributed by atoms with Gasteiger partial charge in [-0.2, -0.15) is 11.8 Å². The number of rotatable bonds is 8. The molecule has 0 aliphatic rings. The first-order valence-electron chi connectivity index (χ1n) is 5.15. The topological polar surface area (TPSA) is 72.2 Å². The average Bonchev–Trinajstić information content (AvgIpc) is 2.18. The second kappa shape index (κ2) is 6.73. The Labute approximate surface area is 97.4 Å². The fourth-order valence-corrected chi connectivity index (χ4v) is 2.64. The Kier molecular flexibility index (Phi) is 6.83. The molecule has 0 aromatic carbocycles. The van der Waals surface area contributed by atoms with Crippen LogP contribution in [-0.2, 0) is 10.0 Å². The van der Waals surface area contributed by atoms with Gasteiger partial charge in [-0.25, -0.2) is 13.6 Å². The Hall–Kier alpha value is 0.220. The summed E-state index contributed by atoms with van der Waals surface area (Å²) in [5.41, 5.74) is 0. The normalized spacial score (nSPS) is 13.1. The number of sulfonamides is 1. The van der Waals surface area contributed by atoms with Gasteiger partial charge in [-0.3, -0.25) is 0 Å². The minimum Gasteiger partial charge on any atom is -0.314 e. The molecular weight excluding hydrogens is 232 g/mol. The third-order valence-corrected chi connectivity index (χ3v) is 5.09. The van der Waals surface area contributed by atoms with Gasteiger partial charge in [-0.1, -0.05) is 13.8 Å². The second-order valence-corrected chi connectivity index (χ2v) is 6.65. The van der Waals surface area contributed by atoms with Crippen molar-refractivity contribution in [1.29, 1.82) is 0 Å². The van der Waals surface area contributed by atoms with Crippen molar-refractivity contribution in [2.24, 2.45) is 5.14 Å². The van der Waals surface area contributed by atoms with E-state index in [-0.39, 0.29) is 10.5 Å². The maximum Gasteiger partial charge on any atom is 0.210 e. The van der Waals surface area contributed by atoms with Crippen molar-refractivity contribution < 1.29 is 8.42 Å². The fraction of sp³-hybridized carbons (Fsp3) is 1.00. The van der Waals surface area contributed by atoms with Crippen LogP contribution in [0.3, 0.4) is 0 Å². The molecule has 3 N–H and O–H groups in total. The van der Waals surface area contributed by atoms with Crippen molar-refractivity contribution >= 4 is 21.8 Å². The molecule has 0 aromatic rings. The van der Waals surface area contributed by atoms with Crippen LogP contribution in [0.25, 0.3) is 0 Å². The third-order valence-electron chi connectivity index (χ3n) is 2.73. The maximum atomic E-state index is 10.7. The van der Waals surface area contributed by atoms with E-state index in [0.717, 1.165) is 19.4 Å². The molecule has 0 aromatic heterocycles. The summed E-state index contributed by atoms with van der Waals surface area (Å²) in [5.74, 6) is 0.00485. The van der Waals surface area contributed by atoms with Gasteiger partial charge < -0.3 is 5.32 Å². The highest BCUT2D eigenvalue weighted by molar-refractivity contribution is 8.00. The van der Waals surface area contributed by atoms with E-state index < -0.39 is 10.0 Å². The van der Waals surface area contributed by atoms with Crippen molar-refractivity contribution in [3.63, 3.8) is 0 Å². The van der Waals surface area contributed by atoms with Gasteiger partial charge in [-0.15, -0.1) is 0 Å². The van der Waals surface area contributed by atoms with Crippen LogP contribution in [0.2, 0.25) is 0 Å². The standard InChI is InChI=1S/C9H22N2O2S2/c1-4-9(5-2,14-3)8-11-6-7-15(10,12)13/h11H,4-8H2,1-3H3,(H2,10,12,13). The van der Waals surface area contributed by atoms with Crippen LogP contribution in [0.15, 0.2) is 0 Å². The quantitative estimate of drug-likeness (QED) is 0.628. The van der Waals surface area contributed by atoms with E-state index in [2.05, 4.69) is 25.4 Å². The number of hydrogen-bond donors (Lipinski definition) is 2. The largest absolute Gasteiger partial charge is 0.314 e. The molecule has 0 amide bonds. The Bertz CT molecular complexity index is 253. The number of nitrogens with two attached hydrogens (primary N) is 1. The van der Waals surface area contributed by atoms with E-state index >= 15 is 0 Å². The number of hydrogen-bond acceptors (Lipinski definition) is 4. The second-order valence-electron chi connectivity index (χ2n) is 3.64. The summed E-state index contributed by atoms with van der Waals surface area (Å²) in [5, 5.41) is 8.07. The molecule has 0 aliphatic carbocycles. The summed E-state index contributed by atoms with van der Waals surface area (Å²) in [6.45, 7) is 5.57. The van der Waals surface area contributed by atoms with Gasteiger partial charge in [0.2, 0.25) is 10.0 Å². The maximum absolute atomic E-state index is 10.7. The van der Waals surface area contributed by atoms with Crippen LogP contribution in [0.5, 0.6) is 0 Å². The molecule has 92 valence electrons. The lowest BCUT2D eigenvalue weighted by Crippen LogP contribution is -2.39. The van der Waals surface area contributed by atoms with Crippen molar-refractivity contribution in [2.75, 3.05) is 25.1 Å². The van der Waals surface area contributed by atoms with Gasteiger partial charge in [0.1, 0.15) is 0 Å². The molecule has 4 nitrogen and oxygen atoms in total. The molecule has 6 heteroatoms. The van der Waals surface area contributed by atoms with E-state index in [9.17, 15) is 8.42 Å². The zero-order valence-electron chi connectivity index (χ0n) is 9.75. The SMILES string of the molecule is CCC(CC)(CNCCS(N)(=O)=O)SC. The molecule has 0 atom stereocenters. The summed E-state index contributed by atoms with van der Waals surface area (Å²) in [6, 6.07) is 0. The van der Waals surface area contributed by atoms with Crippen LogP contribution >= 0.6 is 11.8 Å². The summed E-state index contributed by atoms with van der Waals surface area (Å²) in [6.07, 6.45) is 4.24. The lowest BCUT2D eigenvalue weighted by molar-refractivity contribution is 0.502. The molecule has 0 saturated heterocycles. The van der Waals surface area contributed by atoms with Gasteiger partial charge >= 0.3 is 0 Å². The number of thioether (sulfide) groups is 1. The highest BCUT2D eigenvalue weighted by Gasteiger charge is 2.23. The van der Waals surface area contributed by atoms with Gasteiger partial charge in [0.15, 0.2) is 0 Å². The number of nitrogens with one attached hydrogen (secondary N) is 1. The molecule has 0 rings (SSSR count). The van der Waals surface area contributed by atoms with Crippen LogP contribution < -0.4 is 10.5 Å². The minimum absolute atomic E-state index is 0.00485. The first kappa shape index (κ1) is 15.2.